The van der Waals surface area contributed by atoms with Gasteiger partial charge in [-0.25, -0.2) is 8.78 Å². The summed E-state index contributed by atoms with van der Waals surface area (Å²) in [6.07, 6.45) is 0.707. The molecule has 0 saturated carbocycles. The fourth-order valence-corrected chi connectivity index (χ4v) is 3.58. The lowest BCUT2D eigenvalue weighted by Gasteiger charge is -2.16. The van der Waals surface area contributed by atoms with Crippen molar-refractivity contribution in [3.63, 3.8) is 0 Å². The minimum absolute atomic E-state index is 0.176. The molecule has 8 heteroatoms. The van der Waals surface area contributed by atoms with Gasteiger partial charge in [0.15, 0.2) is 17.4 Å². The summed E-state index contributed by atoms with van der Waals surface area (Å²) < 4.78 is 45.7. The molecule has 1 unspecified atom stereocenters. The van der Waals surface area contributed by atoms with Crippen molar-refractivity contribution in [2.75, 3.05) is 20.2 Å². The van der Waals surface area contributed by atoms with E-state index in [1.165, 1.54) is 5.56 Å². The van der Waals surface area contributed by atoms with Crippen LogP contribution in [0.5, 0.6) is 5.75 Å². The first-order valence-corrected chi connectivity index (χ1v) is 8.69. The molecule has 1 aromatic heterocycles. The predicted octanol–water partition coefficient (Wildman–Crippen LogP) is 3.18. The van der Waals surface area contributed by atoms with Crippen molar-refractivity contribution in [3.05, 3.63) is 51.5 Å². The van der Waals surface area contributed by atoms with Gasteiger partial charge in [-0.2, -0.15) is 15.7 Å². The van der Waals surface area contributed by atoms with E-state index >= 15 is 0 Å². The summed E-state index contributed by atoms with van der Waals surface area (Å²) in [5.74, 6) is -5.65. The summed E-state index contributed by atoms with van der Waals surface area (Å²) in [6.45, 7) is 2.19. The van der Waals surface area contributed by atoms with Gasteiger partial charge >= 0.3 is 0 Å². The zero-order chi connectivity index (χ0) is 18.0. The Kier molecular flexibility index (Phi) is 5.29. The Morgan fingerprint density at radius 2 is 2.20 bits per heavy atom. The number of methoxy groups -OCH3 is 1. The number of nitrogens with zero attached hydrogens (tertiary/aromatic N) is 1. The van der Waals surface area contributed by atoms with E-state index < -0.39 is 34.7 Å². The second kappa shape index (κ2) is 7.45. The van der Waals surface area contributed by atoms with Gasteiger partial charge in [0, 0.05) is 25.7 Å². The van der Waals surface area contributed by atoms with Gasteiger partial charge < -0.3 is 10.1 Å². The number of halogens is 3. The maximum absolute atomic E-state index is 14.2. The number of benzene rings is 1. The summed E-state index contributed by atoms with van der Waals surface area (Å²) in [7, 11) is 1.02. The lowest BCUT2D eigenvalue weighted by Crippen LogP contribution is -2.37. The van der Waals surface area contributed by atoms with E-state index in [1.54, 1.807) is 11.3 Å². The largest absolute Gasteiger partial charge is 0.491 e. The van der Waals surface area contributed by atoms with E-state index in [9.17, 15) is 18.0 Å². The summed E-state index contributed by atoms with van der Waals surface area (Å²) in [4.78, 5) is 14.4. The van der Waals surface area contributed by atoms with Crippen LogP contribution in [0.2, 0.25) is 0 Å². The molecule has 0 bridgehead atoms. The van der Waals surface area contributed by atoms with E-state index in [4.69, 9.17) is 0 Å². The highest BCUT2D eigenvalue weighted by molar-refractivity contribution is 7.07. The van der Waals surface area contributed by atoms with Crippen molar-refractivity contribution in [1.82, 2.24) is 10.2 Å². The lowest BCUT2D eigenvalue weighted by molar-refractivity contribution is 0.0932. The van der Waals surface area contributed by atoms with Crippen molar-refractivity contribution in [2.45, 2.75) is 19.0 Å². The molecular weight excluding hydrogens is 353 g/mol. The summed E-state index contributed by atoms with van der Waals surface area (Å²) in [5, 5.41) is 6.75. The maximum atomic E-state index is 14.2. The van der Waals surface area contributed by atoms with Crippen LogP contribution in [0.4, 0.5) is 13.2 Å². The zero-order valence-corrected chi connectivity index (χ0v) is 14.3. The first-order valence-electron chi connectivity index (χ1n) is 7.75. The number of nitrogens with one attached hydrogen (secondary N) is 1. The Hall–Kier alpha value is -2.06. The fraction of sp³-hybridized carbons (Fsp3) is 0.353. The van der Waals surface area contributed by atoms with Gasteiger partial charge in [0.2, 0.25) is 5.82 Å². The molecule has 2 heterocycles. The smallest absolute Gasteiger partial charge is 0.254 e. The van der Waals surface area contributed by atoms with Crippen LogP contribution in [0.25, 0.3) is 0 Å². The molecule has 0 spiro atoms. The van der Waals surface area contributed by atoms with Crippen molar-refractivity contribution < 1.29 is 22.7 Å². The summed E-state index contributed by atoms with van der Waals surface area (Å²) in [5.41, 5.74) is 0.639. The monoisotopic (exact) mass is 370 g/mol. The zero-order valence-electron chi connectivity index (χ0n) is 13.5. The molecule has 1 aromatic carbocycles. The Morgan fingerprint density at radius 1 is 1.40 bits per heavy atom. The average Bonchev–Trinajstić information content (AvgIpc) is 3.24. The molecule has 1 fully saturated rings. The predicted molar refractivity (Wildman–Crippen MR) is 88.3 cm³/mol. The molecule has 1 saturated heterocycles. The third kappa shape index (κ3) is 3.80. The molecule has 1 aliphatic rings. The average molecular weight is 370 g/mol. The third-order valence-corrected chi connectivity index (χ3v) is 4.89. The second-order valence-electron chi connectivity index (χ2n) is 5.89. The topological polar surface area (TPSA) is 41.6 Å². The summed E-state index contributed by atoms with van der Waals surface area (Å²) in [6, 6.07) is 2.42. The minimum Gasteiger partial charge on any atom is -0.491 e. The van der Waals surface area contributed by atoms with Gasteiger partial charge in [0.25, 0.3) is 5.91 Å². The molecule has 1 aliphatic heterocycles. The minimum atomic E-state index is -1.45. The van der Waals surface area contributed by atoms with Crippen molar-refractivity contribution >= 4 is 17.2 Å². The van der Waals surface area contributed by atoms with E-state index in [0.29, 0.717) is 19.0 Å². The molecule has 1 N–H and O–H groups in total. The number of hydrogen-bond donors (Lipinski definition) is 1. The number of likely N-dealkylation sites (tertiary alicyclic amines) is 1. The fourth-order valence-electron chi connectivity index (χ4n) is 2.92. The van der Waals surface area contributed by atoms with Crippen LogP contribution < -0.4 is 10.1 Å². The lowest BCUT2D eigenvalue weighted by atomic mass is 10.1. The van der Waals surface area contributed by atoms with Crippen LogP contribution in [0.3, 0.4) is 0 Å². The standard InChI is InChI=1S/C17H17F3N2O2S/c1-24-16-14(19)12(6-13(18)15(16)20)17(23)21-11-2-4-22(8-11)7-10-3-5-25-9-10/h3,5-6,9,11H,2,4,7-8H2,1H3,(H,21,23). The first kappa shape index (κ1) is 17.8. The number of ether oxygens (including phenoxy) is 1. The SMILES string of the molecule is COc1c(F)c(F)cc(C(=O)NC2CCN(Cc3ccsc3)C2)c1F. The molecule has 1 atom stereocenters. The highest BCUT2D eigenvalue weighted by atomic mass is 32.1. The molecule has 0 radical (unpaired) electrons. The second-order valence-corrected chi connectivity index (χ2v) is 6.67. The molecule has 2 aromatic rings. The Labute approximate surface area is 147 Å². The first-order chi connectivity index (χ1) is 12.0. The van der Waals surface area contributed by atoms with Crippen LogP contribution in [0.1, 0.15) is 22.3 Å². The number of hydrogen-bond acceptors (Lipinski definition) is 4. The van der Waals surface area contributed by atoms with Crippen molar-refractivity contribution in [2.24, 2.45) is 0 Å². The van der Waals surface area contributed by atoms with Gasteiger partial charge in [-0.1, -0.05) is 0 Å². The van der Waals surface area contributed by atoms with Crippen molar-refractivity contribution in [3.8, 4) is 5.75 Å². The van der Waals surface area contributed by atoms with E-state index in [1.807, 2.05) is 11.4 Å². The Morgan fingerprint density at radius 3 is 2.88 bits per heavy atom. The van der Waals surface area contributed by atoms with E-state index in [-0.39, 0.29) is 6.04 Å². The molecule has 1 amide bonds. The summed E-state index contributed by atoms with van der Waals surface area (Å²) >= 11 is 1.62. The third-order valence-electron chi connectivity index (χ3n) is 4.16. The van der Waals surface area contributed by atoms with Gasteiger partial charge in [0.05, 0.1) is 12.7 Å². The molecule has 3 rings (SSSR count). The van der Waals surface area contributed by atoms with Crippen LogP contribution >= 0.6 is 11.3 Å². The Balaban J connectivity index is 1.66. The molecule has 0 aliphatic carbocycles. The van der Waals surface area contributed by atoms with Crippen LogP contribution in [-0.2, 0) is 6.54 Å². The molecule has 134 valence electrons. The molecular formula is C17H17F3N2O2S. The van der Waals surface area contributed by atoms with Gasteiger partial charge in [-0.3, -0.25) is 9.69 Å². The Bertz CT molecular complexity index is 768. The number of thiophene rings is 1. The van der Waals surface area contributed by atoms with Crippen molar-refractivity contribution in [1.29, 1.82) is 0 Å². The number of amides is 1. The van der Waals surface area contributed by atoms with Crippen LogP contribution in [-0.4, -0.2) is 37.0 Å². The van der Waals surface area contributed by atoms with Gasteiger partial charge in [-0.05, 0) is 34.9 Å². The van der Waals surface area contributed by atoms with Crippen LogP contribution in [0, 0.1) is 17.5 Å². The highest BCUT2D eigenvalue weighted by Crippen LogP contribution is 2.27. The number of carbonyl (C=O) groups is 1. The molecule has 4 nitrogen and oxygen atoms in total. The quantitative estimate of drug-likeness (QED) is 0.822. The number of carbonyl (C=O) groups excluding carboxylic acids is 1. The molecule has 25 heavy (non-hydrogen) atoms. The maximum Gasteiger partial charge on any atom is 0.254 e. The van der Waals surface area contributed by atoms with Gasteiger partial charge in [0.1, 0.15) is 0 Å². The normalized spacial score (nSPS) is 17.7. The van der Waals surface area contributed by atoms with Crippen LogP contribution in [0.15, 0.2) is 22.9 Å². The van der Waals surface area contributed by atoms with E-state index in [2.05, 4.69) is 20.3 Å². The van der Waals surface area contributed by atoms with E-state index in [0.717, 1.165) is 20.2 Å². The highest BCUT2D eigenvalue weighted by Gasteiger charge is 2.28. The van der Waals surface area contributed by atoms with Gasteiger partial charge in [-0.15, -0.1) is 0 Å². The number of rotatable bonds is 5.